The molecule has 0 bridgehead atoms. The van der Waals surface area contributed by atoms with Crippen LogP contribution in [0.25, 0.3) is 10.9 Å². The topological polar surface area (TPSA) is 59.0 Å². The molecular formula is C33H39ClN4O3. The minimum atomic E-state index is -0.0681. The second-order valence-electron chi connectivity index (χ2n) is 10.5. The highest BCUT2D eigenvalue weighted by Gasteiger charge is 2.20. The normalized spacial score (nSPS) is 14.3. The third-order valence-corrected chi connectivity index (χ3v) is 8.11. The molecule has 0 saturated carbocycles. The summed E-state index contributed by atoms with van der Waals surface area (Å²) in [4.78, 5) is 18.3. The monoisotopic (exact) mass is 574 g/mol. The number of nitrogens with one attached hydrogen (secondary N) is 1. The summed E-state index contributed by atoms with van der Waals surface area (Å²) in [7, 11) is 1.68. The van der Waals surface area contributed by atoms with E-state index in [1.54, 1.807) is 7.11 Å². The second kappa shape index (κ2) is 13.9. The molecule has 0 radical (unpaired) electrons. The molecule has 41 heavy (non-hydrogen) atoms. The fraction of sp³-hybridized carbons (Fsp3) is 0.364. The number of hydrogen-bond acceptors (Lipinski definition) is 5. The molecule has 216 valence electrons. The maximum atomic E-state index is 13.3. The first-order valence-corrected chi connectivity index (χ1v) is 14.7. The zero-order valence-corrected chi connectivity index (χ0v) is 24.7. The van der Waals surface area contributed by atoms with Crippen LogP contribution in [0.15, 0.2) is 72.9 Å². The van der Waals surface area contributed by atoms with Crippen LogP contribution in [0.2, 0.25) is 5.02 Å². The van der Waals surface area contributed by atoms with Gasteiger partial charge in [-0.05, 0) is 61.3 Å². The third kappa shape index (κ3) is 7.41. The van der Waals surface area contributed by atoms with Gasteiger partial charge in [-0.2, -0.15) is 0 Å². The molecule has 1 saturated heterocycles. The maximum absolute atomic E-state index is 13.3. The Hall–Kier alpha value is -3.52. The fourth-order valence-corrected chi connectivity index (χ4v) is 5.58. The third-order valence-electron chi connectivity index (χ3n) is 7.85. The van der Waals surface area contributed by atoms with Gasteiger partial charge in [0, 0.05) is 62.4 Å². The van der Waals surface area contributed by atoms with Crippen LogP contribution in [0.3, 0.4) is 0 Å². The van der Waals surface area contributed by atoms with Gasteiger partial charge in [-0.25, -0.2) is 0 Å². The van der Waals surface area contributed by atoms with Crippen LogP contribution in [0.1, 0.15) is 27.9 Å². The number of fused-ring (bicyclic) bond motifs is 1. The maximum Gasteiger partial charge on any atom is 0.253 e. The zero-order valence-electron chi connectivity index (χ0n) is 23.9. The molecule has 1 N–H and O–H groups in total. The van der Waals surface area contributed by atoms with Gasteiger partial charge in [0.15, 0.2) is 0 Å². The number of piperazine rings is 1. The highest BCUT2D eigenvalue weighted by molar-refractivity contribution is 6.30. The van der Waals surface area contributed by atoms with E-state index in [-0.39, 0.29) is 5.91 Å². The van der Waals surface area contributed by atoms with Crippen molar-refractivity contribution in [3.63, 3.8) is 0 Å². The molecule has 0 atom stereocenters. The molecule has 0 unspecified atom stereocenters. The average Bonchev–Trinajstić information content (AvgIpc) is 3.37. The lowest BCUT2D eigenvalue weighted by molar-refractivity contribution is 0.0952. The number of nitrogens with zero attached hydrogens (tertiary/aromatic N) is 3. The smallest absolute Gasteiger partial charge is 0.253 e. The van der Waals surface area contributed by atoms with Crippen LogP contribution in [0, 0.1) is 6.92 Å². The van der Waals surface area contributed by atoms with Gasteiger partial charge < -0.3 is 24.3 Å². The first-order chi connectivity index (χ1) is 20.0. The van der Waals surface area contributed by atoms with Crippen LogP contribution in [0.5, 0.6) is 11.5 Å². The molecule has 0 spiro atoms. The van der Waals surface area contributed by atoms with E-state index in [1.807, 2.05) is 60.8 Å². The van der Waals surface area contributed by atoms with Crippen molar-refractivity contribution in [2.75, 3.05) is 53.0 Å². The first-order valence-electron chi connectivity index (χ1n) is 14.3. The molecule has 4 aromatic rings. The number of aromatic nitrogens is 1. The molecule has 1 amide bonds. The number of aryl methyl sites for hydroxylation is 2. The molecule has 3 aromatic carbocycles. The second-order valence-corrected chi connectivity index (χ2v) is 11.0. The van der Waals surface area contributed by atoms with E-state index in [0.29, 0.717) is 18.7 Å². The van der Waals surface area contributed by atoms with Gasteiger partial charge in [0.25, 0.3) is 5.91 Å². The SMILES string of the molecule is COc1cccc2c(C(=O)NCc3ccccc3C)cn(CCCN3CCN(CCOc4ccc(Cl)cc4)CC3)c12. The minimum absolute atomic E-state index is 0.0681. The number of carbonyl (C=O) groups excluding carboxylic acids is 1. The molecule has 2 heterocycles. The zero-order chi connectivity index (χ0) is 28.6. The molecule has 1 aromatic heterocycles. The molecule has 5 rings (SSSR count). The van der Waals surface area contributed by atoms with E-state index in [9.17, 15) is 4.79 Å². The van der Waals surface area contributed by atoms with Crippen molar-refractivity contribution in [1.29, 1.82) is 0 Å². The van der Waals surface area contributed by atoms with E-state index in [0.717, 1.165) is 85.2 Å². The standard InChI is InChI=1S/C33H39ClN4O3/c1-25-7-3-4-8-26(25)23-35-33(39)30-24-38(32-29(30)9-5-10-31(32)40-2)16-6-15-36-17-19-37(20-18-36)21-22-41-28-13-11-27(34)12-14-28/h3-5,7-14,24H,6,15-23H2,1-2H3,(H,35,39). The molecule has 1 aliphatic heterocycles. The van der Waals surface area contributed by atoms with Crippen molar-refractivity contribution in [2.24, 2.45) is 0 Å². The van der Waals surface area contributed by atoms with Gasteiger partial charge in [-0.1, -0.05) is 48.0 Å². The van der Waals surface area contributed by atoms with Crippen molar-refractivity contribution in [3.05, 3.63) is 94.6 Å². The molecule has 1 fully saturated rings. The van der Waals surface area contributed by atoms with Crippen LogP contribution < -0.4 is 14.8 Å². The van der Waals surface area contributed by atoms with Crippen molar-refractivity contribution in [2.45, 2.75) is 26.4 Å². The Morgan fingerprint density at radius 3 is 2.37 bits per heavy atom. The van der Waals surface area contributed by atoms with E-state index in [4.69, 9.17) is 21.1 Å². The Balaban J connectivity index is 1.13. The van der Waals surface area contributed by atoms with Gasteiger partial charge in [0.1, 0.15) is 18.1 Å². The molecule has 0 aliphatic carbocycles. The van der Waals surface area contributed by atoms with Crippen molar-refractivity contribution >= 4 is 28.4 Å². The Bertz CT molecular complexity index is 1440. The molecular weight excluding hydrogens is 536 g/mol. The number of hydrogen-bond donors (Lipinski definition) is 1. The van der Waals surface area contributed by atoms with Gasteiger partial charge in [-0.3, -0.25) is 9.69 Å². The minimum Gasteiger partial charge on any atom is -0.495 e. The average molecular weight is 575 g/mol. The summed E-state index contributed by atoms with van der Waals surface area (Å²) in [5, 5.41) is 4.75. The van der Waals surface area contributed by atoms with Crippen molar-refractivity contribution in [1.82, 2.24) is 19.7 Å². The van der Waals surface area contributed by atoms with Gasteiger partial charge in [0.2, 0.25) is 0 Å². The van der Waals surface area contributed by atoms with Crippen LogP contribution in [-0.4, -0.2) is 73.3 Å². The lowest BCUT2D eigenvalue weighted by atomic mass is 10.1. The van der Waals surface area contributed by atoms with Crippen LogP contribution in [-0.2, 0) is 13.1 Å². The lowest BCUT2D eigenvalue weighted by Gasteiger charge is -2.34. The molecule has 7 nitrogen and oxygen atoms in total. The van der Waals surface area contributed by atoms with E-state index < -0.39 is 0 Å². The number of ether oxygens (including phenoxy) is 2. The lowest BCUT2D eigenvalue weighted by Crippen LogP contribution is -2.47. The first kappa shape index (κ1) is 29.0. The van der Waals surface area contributed by atoms with E-state index in [1.165, 1.54) is 5.56 Å². The summed E-state index contributed by atoms with van der Waals surface area (Å²) in [5.74, 6) is 1.57. The van der Waals surface area contributed by atoms with Crippen molar-refractivity contribution in [3.8, 4) is 11.5 Å². The number of halogens is 1. The van der Waals surface area contributed by atoms with Gasteiger partial charge >= 0.3 is 0 Å². The Morgan fingerprint density at radius 1 is 0.902 bits per heavy atom. The quantitative estimate of drug-likeness (QED) is 0.238. The summed E-state index contributed by atoms with van der Waals surface area (Å²) in [5.41, 5.74) is 3.95. The molecule has 8 heteroatoms. The number of para-hydroxylation sites is 1. The Kier molecular flexibility index (Phi) is 9.83. The van der Waals surface area contributed by atoms with Gasteiger partial charge in [-0.15, -0.1) is 0 Å². The summed E-state index contributed by atoms with van der Waals surface area (Å²) in [6, 6.07) is 21.6. The Labute approximate surface area is 247 Å². The number of methoxy groups -OCH3 is 1. The van der Waals surface area contributed by atoms with E-state index >= 15 is 0 Å². The molecule has 1 aliphatic rings. The highest BCUT2D eigenvalue weighted by Crippen LogP contribution is 2.30. The van der Waals surface area contributed by atoms with Gasteiger partial charge in [0.05, 0.1) is 18.2 Å². The summed E-state index contributed by atoms with van der Waals surface area (Å²) in [6.07, 6.45) is 2.98. The predicted octanol–water partition coefficient (Wildman–Crippen LogP) is 5.63. The highest BCUT2D eigenvalue weighted by atomic mass is 35.5. The van der Waals surface area contributed by atoms with Crippen molar-refractivity contribution < 1.29 is 14.3 Å². The summed E-state index contributed by atoms with van der Waals surface area (Å²) >= 11 is 5.95. The summed E-state index contributed by atoms with van der Waals surface area (Å²) < 4.78 is 13.7. The number of carbonyl (C=O) groups is 1. The number of rotatable bonds is 12. The Morgan fingerprint density at radius 2 is 1.63 bits per heavy atom. The number of benzene rings is 3. The van der Waals surface area contributed by atoms with E-state index in [2.05, 4.69) is 38.7 Å². The predicted molar refractivity (Wildman–Crippen MR) is 165 cm³/mol. The fourth-order valence-electron chi connectivity index (χ4n) is 5.45. The summed E-state index contributed by atoms with van der Waals surface area (Å²) in [6.45, 7) is 10.1. The van der Waals surface area contributed by atoms with Crippen LogP contribution >= 0.6 is 11.6 Å². The number of amides is 1. The largest absolute Gasteiger partial charge is 0.495 e. The van der Waals surface area contributed by atoms with Crippen LogP contribution in [0.4, 0.5) is 0 Å².